The van der Waals surface area contributed by atoms with Gasteiger partial charge in [0, 0.05) is 12.1 Å². The van der Waals surface area contributed by atoms with Crippen LogP contribution in [0.4, 0.5) is 0 Å². The number of aromatic nitrogens is 2. The standard InChI is InChI=1S/C29H33N3O6/c1-19(30-29(33)20-17-25(35-3)27(37-5)26(18-20)36-4)28-31-21-11-6-7-12-22(21)32(28)15-10-16-38-24-14-9-8-13-23(24)34-2/h6-9,11-14,17-19H,10,15-16H2,1-5H3,(H,30,33). The van der Waals surface area contributed by atoms with E-state index in [0.29, 0.717) is 47.5 Å². The van der Waals surface area contributed by atoms with Gasteiger partial charge < -0.3 is 33.6 Å². The van der Waals surface area contributed by atoms with E-state index in [1.165, 1.54) is 21.3 Å². The maximum Gasteiger partial charge on any atom is 0.252 e. The molecule has 0 fully saturated rings. The summed E-state index contributed by atoms with van der Waals surface area (Å²) in [6.45, 7) is 3.08. The third-order valence-electron chi connectivity index (χ3n) is 6.20. The molecule has 9 nitrogen and oxygen atoms in total. The molecule has 4 aromatic rings. The topological polar surface area (TPSA) is 93.1 Å². The summed E-state index contributed by atoms with van der Waals surface area (Å²) in [5, 5.41) is 3.06. The monoisotopic (exact) mass is 519 g/mol. The van der Waals surface area contributed by atoms with E-state index in [1.807, 2.05) is 55.5 Å². The molecule has 1 atom stereocenters. The summed E-state index contributed by atoms with van der Waals surface area (Å²) in [5.74, 6) is 3.12. The van der Waals surface area contributed by atoms with Gasteiger partial charge in [0.15, 0.2) is 23.0 Å². The third-order valence-corrected chi connectivity index (χ3v) is 6.20. The highest BCUT2D eigenvalue weighted by atomic mass is 16.5. The van der Waals surface area contributed by atoms with E-state index < -0.39 is 0 Å². The molecule has 1 unspecified atom stereocenters. The molecule has 200 valence electrons. The van der Waals surface area contributed by atoms with Crippen molar-refractivity contribution in [1.82, 2.24) is 14.9 Å². The second kappa shape index (κ2) is 12.2. The molecule has 0 saturated carbocycles. The minimum atomic E-state index is -0.371. The quantitative estimate of drug-likeness (QED) is 0.262. The maximum atomic E-state index is 13.2. The van der Waals surface area contributed by atoms with Crippen molar-refractivity contribution in [2.75, 3.05) is 35.0 Å². The van der Waals surface area contributed by atoms with Gasteiger partial charge >= 0.3 is 0 Å². The van der Waals surface area contributed by atoms with Crippen molar-refractivity contribution in [2.45, 2.75) is 25.9 Å². The van der Waals surface area contributed by atoms with E-state index in [-0.39, 0.29) is 11.9 Å². The van der Waals surface area contributed by atoms with Crippen molar-refractivity contribution in [1.29, 1.82) is 0 Å². The lowest BCUT2D eigenvalue weighted by Crippen LogP contribution is -2.29. The fourth-order valence-corrected chi connectivity index (χ4v) is 4.36. The van der Waals surface area contributed by atoms with Gasteiger partial charge in [0.1, 0.15) is 5.82 Å². The van der Waals surface area contributed by atoms with Crippen molar-refractivity contribution in [2.24, 2.45) is 0 Å². The molecule has 0 radical (unpaired) electrons. The molecule has 0 bridgehead atoms. The zero-order valence-electron chi connectivity index (χ0n) is 22.3. The number of para-hydroxylation sites is 4. The van der Waals surface area contributed by atoms with Gasteiger partial charge in [-0.15, -0.1) is 0 Å². The highest BCUT2D eigenvalue weighted by molar-refractivity contribution is 5.96. The first-order valence-electron chi connectivity index (χ1n) is 12.3. The van der Waals surface area contributed by atoms with Crippen LogP contribution in [0.15, 0.2) is 60.7 Å². The van der Waals surface area contributed by atoms with E-state index in [4.69, 9.17) is 28.7 Å². The van der Waals surface area contributed by atoms with E-state index in [9.17, 15) is 4.79 Å². The summed E-state index contributed by atoms with van der Waals surface area (Å²) in [6, 6.07) is 18.4. The van der Waals surface area contributed by atoms with Crippen LogP contribution in [-0.4, -0.2) is 50.5 Å². The summed E-state index contributed by atoms with van der Waals surface area (Å²) in [6.07, 6.45) is 0.735. The number of imidazole rings is 1. The molecule has 1 N–H and O–H groups in total. The Morgan fingerprint density at radius 3 is 2.16 bits per heavy atom. The maximum absolute atomic E-state index is 13.2. The fraction of sp³-hybridized carbons (Fsp3) is 0.310. The minimum Gasteiger partial charge on any atom is -0.493 e. The molecule has 9 heteroatoms. The number of aryl methyl sites for hydroxylation is 1. The number of hydrogen-bond acceptors (Lipinski definition) is 7. The van der Waals surface area contributed by atoms with E-state index in [2.05, 4.69) is 9.88 Å². The number of nitrogens with zero attached hydrogens (tertiary/aromatic N) is 2. The highest BCUT2D eigenvalue weighted by Gasteiger charge is 2.22. The van der Waals surface area contributed by atoms with Crippen LogP contribution in [0.3, 0.4) is 0 Å². The molecule has 3 aromatic carbocycles. The fourth-order valence-electron chi connectivity index (χ4n) is 4.36. The molecule has 0 aliphatic rings. The summed E-state index contributed by atoms with van der Waals surface area (Å²) in [5.41, 5.74) is 2.25. The molecular weight excluding hydrogens is 486 g/mol. The number of rotatable bonds is 12. The number of benzene rings is 3. The zero-order chi connectivity index (χ0) is 27.1. The minimum absolute atomic E-state index is 0.283. The number of methoxy groups -OCH3 is 4. The zero-order valence-corrected chi connectivity index (χ0v) is 22.3. The smallest absolute Gasteiger partial charge is 0.252 e. The Balaban J connectivity index is 1.52. The molecule has 0 aliphatic heterocycles. The molecule has 0 spiro atoms. The van der Waals surface area contributed by atoms with E-state index in [0.717, 1.165) is 23.3 Å². The second-order valence-electron chi connectivity index (χ2n) is 8.57. The number of amides is 1. The SMILES string of the molecule is COc1ccccc1OCCCn1c(C(C)NC(=O)c2cc(OC)c(OC)c(OC)c2)nc2ccccc21. The van der Waals surface area contributed by atoms with Crippen LogP contribution in [-0.2, 0) is 6.54 Å². The summed E-state index contributed by atoms with van der Waals surface area (Å²) in [4.78, 5) is 18.1. The van der Waals surface area contributed by atoms with Crippen molar-refractivity contribution < 1.29 is 28.5 Å². The average Bonchev–Trinajstić information content (AvgIpc) is 3.33. The van der Waals surface area contributed by atoms with Crippen molar-refractivity contribution in [3.8, 4) is 28.7 Å². The van der Waals surface area contributed by atoms with Gasteiger partial charge in [-0.25, -0.2) is 4.98 Å². The van der Waals surface area contributed by atoms with Crippen LogP contribution in [0.1, 0.15) is 35.6 Å². The first kappa shape index (κ1) is 26.7. The first-order valence-corrected chi connectivity index (χ1v) is 12.3. The van der Waals surface area contributed by atoms with E-state index >= 15 is 0 Å². The summed E-state index contributed by atoms with van der Waals surface area (Å²) >= 11 is 0. The predicted molar refractivity (Wildman–Crippen MR) is 145 cm³/mol. The number of fused-ring (bicyclic) bond motifs is 1. The summed E-state index contributed by atoms with van der Waals surface area (Å²) < 4.78 is 29.6. The van der Waals surface area contributed by atoms with Gasteiger partial charge in [0.25, 0.3) is 5.91 Å². The molecule has 0 aliphatic carbocycles. The van der Waals surface area contributed by atoms with Gasteiger partial charge in [0.2, 0.25) is 5.75 Å². The van der Waals surface area contributed by atoms with E-state index in [1.54, 1.807) is 19.2 Å². The number of nitrogens with one attached hydrogen (secondary N) is 1. The Morgan fingerprint density at radius 2 is 1.50 bits per heavy atom. The first-order chi connectivity index (χ1) is 18.5. The van der Waals surface area contributed by atoms with Crippen molar-refractivity contribution in [3.05, 3.63) is 72.1 Å². The van der Waals surface area contributed by atoms with Crippen LogP contribution < -0.4 is 29.0 Å². The summed E-state index contributed by atoms with van der Waals surface area (Å²) in [7, 11) is 6.18. The lowest BCUT2D eigenvalue weighted by molar-refractivity contribution is 0.0936. The number of ether oxygens (including phenoxy) is 5. The average molecular weight is 520 g/mol. The Hall–Kier alpha value is -4.40. The second-order valence-corrected chi connectivity index (χ2v) is 8.57. The molecule has 1 aromatic heterocycles. The lowest BCUT2D eigenvalue weighted by atomic mass is 10.1. The molecule has 0 saturated heterocycles. The predicted octanol–water partition coefficient (Wildman–Crippen LogP) is 5.03. The van der Waals surface area contributed by atoms with Crippen molar-refractivity contribution in [3.63, 3.8) is 0 Å². The van der Waals surface area contributed by atoms with Gasteiger partial charge in [0.05, 0.1) is 52.1 Å². The van der Waals surface area contributed by atoms with Crippen molar-refractivity contribution >= 4 is 16.9 Å². The van der Waals surface area contributed by atoms with Gasteiger partial charge in [-0.05, 0) is 49.7 Å². The number of carbonyl (C=O) groups excluding carboxylic acids is 1. The lowest BCUT2D eigenvalue weighted by Gasteiger charge is -2.18. The Morgan fingerprint density at radius 1 is 0.868 bits per heavy atom. The Labute approximate surface area is 222 Å². The third kappa shape index (κ3) is 5.61. The normalized spacial score (nSPS) is 11.6. The molecule has 1 heterocycles. The highest BCUT2D eigenvalue weighted by Crippen LogP contribution is 2.38. The van der Waals surface area contributed by atoms with Crippen LogP contribution in [0.25, 0.3) is 11.0 Å². The molecule has 4 rings (SSSR count). The van der Waals surface area contributed by atoms with Crippen LogP contribution in [0.5, 0.6) is 28.7 Å². The van der Waals surface area contributed by atoms with Crippen LogP contribution >= 0.6 is 0 Å². The Bertz CT molecular complexity index is 1380. The van der Waals surface area contributed by atoms with Gasteiger partial charge in [-0.1, -0.05) is 24.3 Å². The number of carbonyl (C=O) groups is 1. The molecule has 1 amide bonds. The van der Waals surface area contributed by atoms with Gasteiger partial charge in [-0.3, -0.25) is 4.79 Å². The van der Waals surface area contributed by atoms with Crippen LogP contribution in [0.2, 0.25) is 0 Å². The molecule has 38 heavy (non-hydrogen) atoms. The molecular formula is C29H33N3O6. The number of hydrogen-bond donors (Lipinski definition) is 1. The van der Waals surface area contributed by atoms with Gasteiger partial charge in [-0.2, -0.15) is 0 Å². The van der Waals surface area contributed by atoms with Crippen LogP contribution in [0, 0.1) is 0 Å². The largest absolute Gasteiger partial charge is 0.493 e. The Kier molecular flexibility index (Phi) is 8.58.